The highest BCUT2D eigenvalue weighted by molar-refractivity contribution is 7.89. The summed E-state index contributed by atoms with van der Waals surface area (Å²) in [6.07, 6.45) is 1.56. The van der Waals surface area contributed by atoms with Gasteiger partial charge in [0.05, 0.1) is 6.07 Å². The number of rotatable bonds is 4. The Kier molecular flexibility index (Phi) is 3.82. The Morgan fingerprint density at radius 3 is 2.88 bits per heavy atom. The van der Waals surface area contributed by atoms with Gasteiger partial charge >= 0.3 is 0 Å². The van der Waals surface area contributed by atoms with Crippen molar-refractivity contribution in [3.63, 3.8) is 0 Å². The number of anilines is 1. The zero-order chi connectivity index (χ0) is 12.2. The summed E-state index contributed by atoms with van der Waals surface area (Å²) in [7, 11) is -2.25. The molecule has 86 valence electrons. The molecule has 0 unspecified atom stereocenters. The quantitative estimate of drug-likeness (QED) is 0.810. The lowest BCUT2D eigenvalue weighted by atomic mass is 10.5. The van der Waals surface area contributed by atoms with E-state index in [1.165, 1.54) is 25.4 Å². The van der Waals surface area contributed by atoms with Gasteiger partial charge in [0.2, 0.25) is 10.0 Å². The monoisotopic (exact) mass is 240 g/mol. The van der Waals surface area contributed by atoms with Gasteiger partial charge < -0.3 is 5.73 Å². The predicted octanol–water partition coefficient (Wildman–Crippen LogP) is 0.198. The molecule has 0 saturated heterocycles. The normalized spacial score (nSPS) is 11.3. The van der Waals surface area contributed by atoms with E-state index in [0.29, 0.717) is 0 Å². The highest BCUT2D eigenvalue weighted by atomic mass is 32.2. The standard InChI is InChI=1S/C9H12N4O2S/c1-13(7-3-5-10)16(14,15)8-4-2-6-12-9(8)11/h2,4,6H,3,7H2,1H3,(H2,11,12). The first-order valence-electron chi connectivity index (χ1n) is 4.54. The Labute approximate surface area is 94.4 Å². The summed E-state index contributed by atoms with van der Waals surface area (Å²) in [6, 6.07) is 4.77. The fraction of sp³-hybridized carbons (Fsp3) is 0.333. The van der Waals surface area contributed by atoms with Gasteiger partial charge in [-0.2, -0.15) is 9.57 Å². The summed E-state index contributed by atoms with van der Waals surface area (Å²) >= 11 is 0. The van der Waals surface area contributed by atoms with Crippen LogP contribution in [-0.4, -0.2) is 31.3 Å². The number of nitrogens with zero attached hydrogens (tertiary/aromatic N) is 3. The van der Waals surface area contributed by atoms with E-state index in [1.54, 1.807) is 0 Å². The Morgan fingerprint density at radius 2 is 2.31 bits per heavy atom. The molecule has 0 aliphatic carbocycles. The fourth-order valence-electron chi connectivity index (χ4n) is 1.12. The van der Waals surface area contributed by atoms with Gasteiger partial charge in [-0.25, -0.2) is 13.4 Å². The average molecular weight is 240 g/mol. The summed E-state index contributed by atoms with van der Waals surface area (Å²) in [5.74, 6) is -0.0358. The van der Waals surface area contributed by atoms with Crippen molar-refractivity contribution in [1.82, 2.24) is 9.29 Å². The van der Waals surface area contributed by atoms with E-state index in [-0.39, 0.29) is 23.7 Å². The van der Waals surface area contributed by atoms with Crippen molar-refractivity contribution >= 4 is 15.8 Å². The topological polar surface area (TPSA) is 100 Å². The molecule has 0 saturated carbocycles. The van der Waals surface area contributed by atoms with Crippen molar-refractivity contribution < 1.29 is 8.42 Å². The molecule has 0 aromatic carbocycles. The summed E-state index contributed by atoms with van der Waals surface area (Å²) in [6.45, 7) is 0.132. The Balaban J connectivity index is 3.04. The first kappa shape index (κ1) is 12.4. The largest absolute Gasteiger partial charge is 0.383 e. The van der Waals surface area contributed by atoms with Crippen LogP contribution in [0.3, 0.4) is 0 Å². The minimum Gasteiger partial charge on any atom is -0.383 e. The van der Waals surface area contributed by atoms with Crippen LogP contribution in [0, 0.1) is 11.3 Å². The molecular weight excluding hydrogens is 228 g/mol. The smallest absolute Gasteiger partial charge is 0.246 e. The first-order valence-corrected chi connectivity index (χ1v) is 5.98. The molecule has 0 fully saturated rings. The second-order valence-electron chi connectivity index (χ2n) is 3.12. The van der Waals surface area contributed by atoms with Crippen LogP contribution < -0.4 is 5.73 Å². The van der Waals surface area contributed by atoms with Crippen LogP contribution in [0.25, 0.3) is 0 Å². The molecular formula is C9H12N4O2S. The van der Waals surface area contributed by atoms with Crippen LogP contribution in [-0.2, 0) is 10.0 Å². The van der Waals surface area contributed by atoms with Gasteiger partial charge in [0.1, 0.15) is 10.7 Å². The maximum Gasteiger partial charge on any atom is 0.246 e. The van der Waals surface area contributed by atoms with Crippen LogP contribution in [0.15, 0.2) is 23.2 Å². The maximum atomic E-state index is 12.0. The molecule has 1 aromatic heterocycles. The molecule has 1 rings (SSSR count). The van der Waals surface area contributed by atoms with E-state index in [4.69, 9.17) is 11.0 Å². The molecule has 16 heavy (non-hydrogen) atoms. The summed E-state index contributed by atoms with van der Waals surface area (Å²) < 4.78 is 25.0. The van der Waals surface area contributed by atoms with Crippen molar-refractivity contribution in [3.05, 3.63) is 18.3 Å². The molecule has 0 aliphatic heterocycles. The first-order chi connectivity index (χ1) is 7.50. The maximum absolute atomic E-state index is 12.0. The number of aromatic nitrogens is 1. The zero-order valence-corrected chi connectivity index (χ0v) is 9.61. The number of sulfonamides is 1. The number of pyridine rings is 1. The fourth-order valence-corrected chi connectivity index (χ4v) is 2.35. The molecule has 1 heterocycles. The minimum absolute atomic E-state index is 0.0320. The number of nitrogen functional groups attached to an aromatic ring is 1. The third kappa shape index (κ3) is 2.48. The van der Waals surface area contributed by atoms with Crippen LogP contribution in [0.5, 0.6) is 0 Å². The van der Waals surface area contributed by atoms with Crippen LogP contribution >= 0.6 is 0 Å². The number of nitrogens with two attached hydrogens (primary N) is 1. The highest BCUT2D eigenvalue weighted by Crippen LogP contribution is 2.18. The summed E-state index contributed by atoms with van der Waals surface area (Å²) in [4.78, 5) is 3.68. The predicted molar refractivity (Wildman–Crippen MR) is 58.7 cm³/mol. The second kappa shape index (κ2) is 4.92. The molecule has 0 aliphatic rings. The van der Waals surface area contributed by atoms with Crippen LogP contribution in [0.1, 0.15) is 6.42 Å². The van der Waals surface area contributed by atoms with Gasteiger partial charge in [0.15, 0.2) is 0 Å². The number of hydrogen-bond donors (Lipinski definition) is 1. The van der Waals surface area contributed by atoms with Crippen molar-refractivity contribution in [2.24, 2.45) is 0 Å². The van der Waals surface area contributed by atoms with Gasteiger partial charge in [-0.1, -0.05) is 0 Å². The molecule has 1 aromatic rings. The third-order valence-electron chi connectivity index (χ3n) is 2.03. The van der Waals surface area contributed by atoms with E-state index in [0.717, 1.165) is 4.31 Å². The Morgan fingerprint density at radius 1 is 1.62 bits per heavy atom. The molecule has 0 bridgehead atoms. The van der Waals surface area contributed by atoms with Gasteiger partial charge in [-0.05, 0) is 12.1 Å². The van der Waals surface area contributed by atoms with Crippen LogP contribution in [0.4, 0.5) is 5.82 Å². The summed E-state index contributed by atoms with van der Waals surface area (Å²) in [5, 5.41) is 8.40. The van der Waals surface area contributed by atoms with E-state index < -0.39 is 10.0 Å². The lowest BCUT2D eigenvalue weighted by Crippen LogP contribution is -2.28. The molecule has 0 amide bonds. The van der Waals surface area contributed by atoms with Crippen LogP contribution in [0.2, 0.25) is 0 Å². The number of nitriles is 1. The second-order valence-corrected chi connectivity index (χ2v) is 5.13. The third-order valence-corrected chi connectivity index (χ3v) is 3.93. The SMILES string of the molecule is CN(CCC#N)S(=O)(=O)c1cccnc1N. The molecule has 7 heteroatoms. The molecule has 6 nitrogen and oxygen atoms in total. The highest BCUT2D eigenvalue weighted by Gasteiger charge is 2.22. The van der Waals surface area contributed by atoms with Gasteiger partial charge in [0.25, 0.3) is 0 Å². The summed E-state index contributed by atoms with van der Waals surface area (Å²) in [5.41, 5.74) is 5.49. The average Bonchev–Trinajstić information content (AvgIpc) is 2.26. The van der Waals surface area contributed by atoms with Crippen molar-refractivity contribution in [2.75, 3.05) is 19.3 Å². The molecule has 0 radical (unpaired) electrons. The molecule has 0 spiro atoms. The molecule has 2 N–H and O–H groups in total. The Hall–Kier alpha value is -1.65. The lowest BCUT2D eigenvalue weighted by Gasteiger charge is -2.16. The van der Waals surface area contributed by atoms with Gasteiger partial charge in [0, 0.05) is 26.2 Å². The van der Waals surface area contributed by atoms with Crippen molar-refractivity contribution in [1.29, 1.82) is 5.26 Å². The van der Waals surface area contributed by atoms with Gasteiger partial charge in [-0.3, -0.25) is 0 Å². The van der Waals surface area contributed by atoms with Crippen molar-refractivity contribution in [2.45, 2.75) is 11.3 Å². The number of hydrogen-bond acceptors (Lipinski definition) is 5. The van der Waals surface area contributed by atoms with Gasteiger partial charge in [-0.15, -0.1) is 0 Å². The lowest BCUT2D eigenvalue weighted by molar-refractivity contribution is 0.476. The van der Waals surface area contributed by atoms with E-state index in [2.05, 4.69) is 4.98 Å². The minimum atomic E-state index is -3.65. The zero-order valence-electron chi connectivity index (χ0n) is 8.79. The van der Waals surface area contributed by atoms with E-state index in [1.807, 2.05) is 6.07 Å². The molecule has 0 atom stereocenters. The Bertz CT molecular complexity index is 506. The van der Waals surface area contributed by atoms with E-state index in [9.17, 15) is 8.42 Å². The van der Waals surface area contributed by atoms with Crippen molar-refractivity contribution in [3.8, 4) is 6.07 Å². The van der Waals surface area contributed by atoms with E-state index >= 15 is 0 Å².